The molecular weight excluding hydrogens is 763 g/mol. The maximum atomic E-state index is 10.9. The fourth-order valence-corrected chi connectivity index (χ4v) is 14.6. The number of fused-ring (bicyclic) bond motifs is 10. The molecule has 0 aliphatic rings. The molecule has 0 saturated carbocycles. The molecule has 0 radical (unpaired) electrons. The highest BCUT2D eigenvalue weighted by Crippen LogP contribution is 2.43. The molecule has 11 aromatic carbocycles. The Morgan fingerprint density at radius 3 is 1.35 bits per heavy atom. The number of nitrogens with zero attached hydrogens (tertiary/aromatic N) is 1. The third kappa shape index (κ3) is 5.61. The second-order valence-electron chi connectivity index (χ2n) is 16.1. The zero-order chi connectivity index (χ0) is 43.6. The van der Waals surface area contributed by atoms with E-state index in [2.05, 4.69) is 211 Å². The molecule has 290 valence electrons. The average molecular weight is 807 g/mol. The highest BCUT2D eigenvalue weighted by Gasteiger charge is 2.41. The SMILES string of the molecule is [2H]c1c([Si](c2ccccc2)(c2ccccc2)c2ccccc2)c([2H])c2c3c4c5ccccc5c5ccccc5c4ccc3n(-c3cccc(-c4cccc(-c5ccccc5)c4)c3)c2c1[2H]. The number of hydrogen-bond donors (Lipinski definition) is 0. The van der Waals surface area contributed by atoms with Crippen molar-refractivity contribution < 1.29 is 4.11 Å². The minimum absolute atomic E-state index is 0.0844. The molecule has 0 spiro atoms. The number of hydrogen-bond acceptors (Lipinski definition) is 0. The number of aromatic nitrogens is 1. The summed E-state index contributed by atoms with van der Waals surface area (Å²) in [6.07, 6.45) is 0. The molecule has 2 heteroatoms. The van der Waals surface area contributed by atoms with Crippen molar-refractivity contribution in [3.8, 4) is 27.9 Å². The van der Waals surface area contributed by atoms with Crippen molar-refractivity contribution >= 4 is 82.9 Å². The van der Waals surface area contributed by atoms with Gasteiger partial charge in [0.25, 0.3) is 0 Å². The average Bonchev–Trinajstić information content (AvgIpc) is 3.74. The predicted molar refractivity (Wildman–Crippen MR) is 268 cm³/mol. The minimum Gasteiger partial charge on any atom is -0.309 e. The molecule has 0 fully saturated rings. The van der Waals surface area contributed by atoms with E-state index in [0.717, 1.165) is 81.3 Å². The van der Waals surface area contributed by atoms with E-state index in [1.807, 2.05) is 24.3 Å². The lowest BCUT2D eigenvalue weighted by molar-refractivity contribution is 1.18. The van der Waals surface area contributed by atoms with Crippen LogP contribution in [0, 0.1) is 0 Å². The van der Waals surface area contributed by atoms with Crippen molar-refractivity contribution in [2.75, 3.05) is 0 Å². The molecule has 62 heavy (non-hydrogen) atoms. The van der Waals surface area contributed by atoms with Crippen LogP contribution in [-0.2, 0) is 0 Å². The fraction of sp³-hybridized carbons (Fsp3) is 0. The molecule has 12 aromatic rings. The van der Waals surface area contributed by atoms with Gasteiger partial charge in [0.15, 0.2) is 8.07 Å². The maximum absolute atomic E-state index is 10.9. The van der Waals surface area contributed by atoms with Gasteiger partial charge in [0, 0.05) is 21.8 Å². The molecule has 0 atom stereocenters. The lowest BCUT2D eigenvalue weighted by atomic mass is 9.92. The van der Waals surface area contributed by atoms with E-state index in [4.69, 9.17) is 0 Å². The van der Waals surface area contributed by atoms with Crippen LogP contribution in [0.15, 0.2) is 249 Å². The summed E-state index contributed by atoms with van der Waals surface area (Å²) in [7, 11) is -3.45. The summed E-state index contributed by atoms with van der Waals surface area (Å²) in [6, 6.07) is 81.2. The van der Waals surface area contributed by atoms with Crippen molar-refractivity contribution in [3.63, 3.8) is 0 Å². The first-order valence-electron chi connectivity index (χ1n) is 22.8. The van der Waals surface area contributed by atoms with E-state index < -0.39 is 8.07 Å². The Kier molecular flexibility index (Phi) is 7.84. The van der Waals surface area contributed by atoms with E-state index in [-0.39, 0.29) is 12.1 Å². The van der Waals surface area contributed by atoms with Crippen LogP contribution in [-0.4, -0.2) is 12.6 Å². The van der Waals surface area contributed by atoms with Crippen molar-refractivity contribution in [3.05, 3.63) is 249 Å². The zero-order valence-corrected chi connectivity index (χ0v) is 34.9. The second-order valence-corrected chi connectivity index (χ2v) is 19.9. The zero-order valence-electron chi connectivity index (χ0n) is 36.9. The molecular formula is C60H41NSi. The molecule has 1 heterocycles. The summed E-state index contributed by atoms with van der Waals surface area (Å²) in [5.41, 5.74) is 6.74. The van der Waals surface area contributed by atoms with Gasteiger partial charge >= 0.3 is 0 Å². The molecule has 1 aromatic heterocycles. The summed E-state index contributed by atoms with van der Waals surface area (Å²) in [4.78, 5) is 0. The van der Waals surface area contributed by atoms with Crippen LogP contribution >= 0.6 is 0 Å². The summed E-state index contributed by atoms with van der Waals surface area (Å²) in [5, 5.41) is 12.1. The Labute approximate surface area is 366 Å². The van der Waals surface area contributed by atoms with Crippen molar-refractivity contribution in [2.45, 2.75) is 0 Å². The minimum atomic E-state index is -3.45. The van der Waals surface area contributed by atoms with E-state index in [0.29, 0.717) is 22.1 Å². The molecule has 0 bridgehead atoms. The first-order valence-corrected chi connectivity index (χ1v) is 23.3. The third-order valence-corrected chi connectivity index (χ3v) is 17.4. The first-order chi connectivity index (χ1) is 32.0. The standard InChI is InChI=1S/C60H41NSi/c1-5-19-42(20-6-1)43-21-17-22-44(39-43)45-23-18-24-46(40-45)61-57-37-35-50(62(47-25-7-2-8-26-47,48-27-9-3-10-28-48)49-29-11-4-12-30-49)41-56(57)60-58(61)38-36-55-53-33-14-13-31-51(53)52-32-15-16-34-54(52)59(55)60/h1-41H/i35D,37D,41D. The van der Waals surface area contributed by atoms with Crippen LogP contribution in [0.2, 0.25) is 0 Å². The van der Waals surface area contributed by atoms with Gasteiger partial charge in [0.2, 0.25) is 0 Å². The van der Waals surface area contributed by atoms with Crippen LogP contribution < -0.4 is 20.7 Å². The molecule has 12 rings (SSSR count). The Hall–Kier alpha value is -7.78. The van der Waals surface area contributed by atoms with E-state index in [9.17, 15) is 4.11 Å². The van der Waals surface area contributed by atoms with Gasteiger partial charge in [-0.15, -0.1) is 0 Å². The lowest BCUT2D eigenvalue weighted by Gasteiger charge is -2.34. The molecule has 0 aliphatic carbocycles. The fourth-order valence-electron chi connectivity index (χ4n) is 10.1. The van der Waals surface area contributed by atoms with Gasteiger partial charge in [-0.1, -0.05) is 218 Å². The van der Waals surface area contributed by atoms with E-state index >= 15 is 0 Å². The third-order valence-electron chi connectivity index (χ3n) is 12.8. The van der Waals surface area contributed by atoms with Crippen molar-refractivity contribution in [1.29, 1.82) is 0 Å². The van der Waals surface area contributed by atoms with Gasteiger partial charge < -0.3 is 4.57 Å². The van der Waals surface area contributed by atoms with Gasteiger partial charge in [-0.25, -0.2) is 0 Å². The van der Waals surface area contributed by atoms with E-state index in [1.54, 1.807) is 0 Å². The highest BCUT2D eigenvalue weighted by molar-refractivity contribution is 7.20. The van der Waals surface area contributed by atoms with Crippen LogP contribution in [0.1, 0.15) is 4.11 Å². The molecule has 0 aliphatic heterocycles. The summed E-state index contributed by atoms with van der Waals surface area (Å²) < 4.78 is 33.8. The molecule has 0 saturated heterocycles. The number of rotatable bonds is 7. The van der Waals surface area contributed by atoms with Gasteiger partial charge in [0.05, 0.1) is 15.1 Å². The van der Waals surface area contributed by atoms with Crippen LogP contribution in [0.4, 0.5) is 0 Å². The van der Waals surface area contributed by atoms with Gasteiger partial charge in [-0.05, 0) is 100 Å². The number of benzene rings is 11. The monoisotopic (exact) mass is 806 g/mol. The maximum Gasteiger partial charge on any atom is 0.179 e. The molecule has 1 nitrogen and oxygen atoms in total. The normalized spacial score (nSPS) is 12.5. The van der Waals surface area contributed by atoms with Gasteiger partial charge in [-0.2, -0.15) is 0 Å². The van der Waals surface area contributed by atoms with Gasteiger partial charge in [-0.3, -0.25) is 0 Å². The lowest BCUT2D eigenvalue weighted by Crippen LogP contribution is -2.74. The Morgan fingerprint density at radius 2 is 0.758 bits per heavy atom. The Bertz CT molecular complexity index is 3660. The summed E-state index contributed by atoms with van der Waals surface area (Å²) in [6.45, 7) is 0. The summed E-state index contributed by atoms with van der Waals surface area (Å²) in [5.74, 6) is 0. The predicted octanol–water partition coefficient (Wildman–Crippen LogP) is 13.0. The molecule has 0 N–H and O–H groups in total. The molecule has 0 amide bonds. The van der Waals surface area contributed by atoms with Crippen molar-refractivity contribution in [2.24, 2.45) is 0 Å². The van der Waals surface area contributed by atoms with E-state index in [1.165, 1.54) is 5.39 Å². The van der Waals surface area contributed by atoms with Gasteiger partial charge in [0.1, 0.15) is 0 Å². The second kappa shape index (κ2) is 14.7. The summed E-state index contributed by atoms with van der Waals surface area (Å²) >= 11 is 0. The highest BCUT2D eigenvalue weighted by atomic mass is 28.3. The quantitative estimate of drug-likeness (QED) is 0.0859. The van der Waals surface area contributed by atoms with Crippen molar-refractivity contribution in [1.82, 2.24) is 4.57 Å². The van der Waals surface area contributed by atoms with Crippen LogP contribution in [0.25, 0.3) is 82.1 Å². The Balaban J connectivity index is 1.26. The Morgan fingerprint density at radius 1 is 0.306 bits per heavy atom. The molecule has 0 unspecified atom stereocenters. The van der Waals surface area contributed by atoms with Crippen LogP contribution in [0.3, 0.4) is 0 Å². The van der Waals surface area contributed by atoms with Crippen LogP contribution in [0.5, 0.6) is 0 Å². The smallest absolute Gasteiger partial charge is 0.179 e. The topological polar surface area (TPSA) is 4.93 Å². The largest absolute Gasteiger partial charge is 0.309 e. The first kappa shape index (κ1) is 33.0.